The molecule has 2 fully saturated rings. The highest BCUT2D eigenvalue weighted by molar-refractivity contribution is 6.36. The Hall–Kier alpha value is -0.810. The number of amides is 1. The Morgan fingerprint density at radius 3 is 2.50 bits per heavy atom. The van der Waals surface area contributed by atoms with Crippen LogP contribution in [-0.2, 0) is 4.74 Å². The quantitative estimate of drug-likeness (QED) is 0.878. The third-order valence-corrected chi connectivity index (χ3v) is 5.74. The van der Waals surface area contributed by atoms with Crippen molar-refractivity contribution in [1.82, 2.24) is 10.2 Å². The highest BCUT2D eigenvalue weighted by Crippen LogP contribution is 2.26. The first-order valence-corrected chi connectivity index (χ1v) is 9.39. The minimum absolute atomic E-state index is 0.101. The van der Waals surface area contributed by atoms with Crippen LogP contribution in [0.5, 0.6) is 0 Å². The summed E-state index contributed by atoms with van der Waals surface area (Å²) < 4.78 is 5.70. The molecular formula is C18H24Cl2N2O2. The van der Waals surface area contributed by atoms with Gasteiger partial charge in [0.15, 0.2) is 0 Å². The van der Waals surface area contributed by atoms with Gasteiger partial charge in [-0.05, 0) is 50.3 Å². The maximum atomic E-state index is 12.4. The zero-order chi connectivity index (χ0) is 17.1. The van der Waals surface area contributed by atoms with E-state index in [1.807, 2.05) is 6.92 Å². The summed E-state index contributed by atoms with van der Waals surface area (Å²) in [7, 11) is 0. The topological polar surface area (TPSA) is 41.6 Å². The molecule has 1 atom stereocenters. The van der Waals surface area contributed by atoms with E-state index in [9.17, 15) is 4.79 Å². The molecule has 0 spiro atoms. The van der Waals surface area contributed by atoms with E-state index in [-0.39, 0.29) is 11.9 Å². The van der Waals surface area contributed by atoms with Crippen molar-refractivity contribution in [2.75, 3.05) is 26.2 Å². The van der Waals surface area contributed by atoms with Gasteiger partial charge < -0.3 is 15.0 Å². The van der Waals surface area contributed by atoms with E-state index in [1.165, 1.54) is 12.8 Å². The van der Waals surface area contributed by atoms with Crippen LogP contribution >= 0.6 is 23.2 Å². The number of rotatable bonds is 4. The predicted octanol–water partition coefficient (Wildman–Crippen LogP) is 3.68. The molecule has 1 N–H and O–H groups in total. The summed E-state index contributed by atoms with van der Waals surface area (Å²) in [6, 6.07) is 3.58. The zero-order valence-electron chi connectivity index (χ0n) is 14.0. The van der Waals surface area contributed by atoms with Crippen LogP contribution in [0.4, 0.5) is 0 Å². The lowest BCUT2D eigenvalue weighted by atomic mass is 10.0. The van der Waals surface area contributed by atoms with Gasteiger partial charge >= 0.3 is 0 Å². The number of carbonyl (C=O) groups excluding carboxylic acids is 1. The average Bonchev–Trinajstić information content (AvgIpc) is 3.07. The summed E-state index contributed by atoms with van der Waals surface area (Å²) in [5.41, 5.74) is 1.33. The van der Waals surface area contributed by atoms with E-state index in [2.05, 4.69) is 10.2 Å². The summed E-state index contributed by atoms with van der Waals surface area (Å²) in [5.74, 6) is -0.101. The van der Waals surface area contributed by atoms with Gasteiger partial charge in [-0.3, -0.25) is 4.79 Å². The summed E-state index contributed by atoms with van der Waals surface area (Å²) in [4.78, 5) is 14.9. The second-order valence-corrected chi connectivity index (χ2v) is 7.56. The molecule has 1 amide bonds. The third-order valence-electron chi connectivity index (χ3n) is 4.95. The van der Waals surface area contributed by atoms with E-state index in [4.69, 9.17) is 27.9 Å². The molecule has 0 aliphatic carbocycles. The molecule has 2 heterocycles. The van der Waals surface area contributed by atoms with Crippen LogP contribution in [0.15, 0.2) is 12.1 Å². The molecule has 3 rings (SSSR count). The number of benzene rings is 1. The molecule has 1 aromatic rings. The van der Waals surface area contributed by atoms with Gasteiger partial charge in [0, 0.05) is 47.9 Å². The monoisotopic (exact) mass is 370 g/mol. The fraction of sp³-hybridized carbons (Fsp3) is 0.611. The molecule has 0 aromatic heterocycles. The fourth-order valence-electron chi connectivity index (χ4n) is 3.38. The van der Waals surface area contributed by atoms with Crippen molar-refractivity contribution in [1.29, 1.82) is 0 Å². The number of halogens is 2. The molecule has 132 valence electrons. The van der Waals surface area contributed by atoms with Gasteiger partial charge in [-0.2, -0.15) is 0 Å². The van der Waals surface area contributed by atoms with Gasteiger partial charge in [-0.15, -0.1) is 0 Å². The lowest BCUT2D eigenvalue weighted by molar-refractivity contribution is 0.0613. The number of likely N-dealkylation sites (tertiary alicyclic amines) is 1. The van der Waals surface area contributed by atoms with Crippen molar-refractivity contribution < 1.29 is 9.53 Å². The van der Waals surface area contributed by atoms with Gasteiger partial charge in [0.1, 0.15) is 0 Å². The Labute approximate surface area is 153 Å². The maximum Gasteiger partial charge on any atom is 0.251 e. The first-order chi connectivity index (χ1) is 11.5. The van der Waals surface area contributed by atoms with Gasteiger partial charge in [-0.25, -0.2) is 0 Å². The highest BCUT2D eigenvalue weighted by atomic mass is 35.5. The minimum Gasteiger partial charge on any atom is -0.377 e. The predicted molar refractivity (Wildman–Crippen MR) is 97.1 cm³/mol. The van der Waals surface area contributed by atoms with Crippen LogP contribution in [-0.4, -0.2) is 49.2 Å². The molecule has 2 aliphatic rings. The van der Waals surface area contributed by atoms with Gasteiger partial charge in [0.05, 0.1) is 6.10 Å². The Balaban J connectivity index is 1.49. The summed E-state index contributed by atoms with van der Waals surface area (Å²) in [6.07, 6.45) is 4.68. The molecule has 4 nitrogen and oxygen atoms in total. The van der Waals surface area contributed by atoms with Gasteiger partial charge in [-0.1, -0.05) is 23.2 Å². The molecule has 1 unspecified atom stereocenters. The van der Waals surface area contributed by atoms with Crippen molar-refractivity contribution in [2.45, 2.75) is 44.8 Å². The maximum absolute atomic E-state index is 12.4. The minimum atomic E-state index is -0.101. The van der Waals surface area contributed by atoms with Crippen molar-refractivity contribution >= 4 is 29.1 Å². The third kappa shape index (κ3) is 4.42. The fourth-order valence-corrected chi connectivity index (χ4v) is 3.87. The molecule has 0 bridgehead atoms. The normalized spacial score (nSPS) is 22.7. The first kappa shape index (κ1) is 18.0. The molecule has 6 heteroatoms. The van der Waals surface area contributed by atoms with Crippen LogP contribution < -0.4 is 5.32 Å². The van der Waals surface area contributed by atoms with Crippen LogP contribution in [0.2, 0.25) is 10.0 Å². The SMILES string of the molecule is Cc1c(Cl)cc(C(=O)NC2CCN(CC3CCCO3)CC2)cc1Cl. The molecule has 2 saturated heterocycles. The van der Waals surface area contributed by atoms with Crippen LogP contribution in [0, 0.1) is 6.92 Å². The van der Waals surface area contributed by atoms with E-state index in [0.717, 1.165) is 44.6 Å². The number of piperidine rings is 1. The Bertz CT molecular complexity index is 572. The standard InChI is InChI=1S/C18H24Cl2N2O2/c1-12-16(19)9-13(10-17(12)20)18(23)21-14-4-6-22(7-5-14)11-15-3-2-8-24-15/h9-10,14-15H,2-8,11H2,1H3,(H,21,23). The number of hydrogen-bond donors (Lipinski definition) is 1. The number of nitrogens with zero attached hydrogens (tertiary/aromatic N) is 1. The highest BCUT2D eigenvalue weighted by Gasteiger charge is 2.25. The molecule has 1 aromatic carbocycles. The number of ether oxygens (including phenoxy) is 1. The molecular weight excluding hydrogens is 347 g/mol. The number of carbonyl (C=O) groups is 1. The average molecular weight is 371 g/mol. The van der Waals surface area contributed by atoms with Crippen LogP contribution in [0.3, 0.4) is 0 Å². The van der Waals surface area contributed by atoms with Gasteiger partial charge in [0.25, 0.3) is 5.91 Å². The summed E-state index contributed by atoms with van der Waals surface area (Å²) in [5, 5.41) is 4.16. The van der Waals surface area contributed by atoms with Crippen molar-refractivity contribution in [3.8, 4) is 0 Å². The van der Waals surface area contributed by atoms with Crippen LogP contribution in [0.1, 0.15) is 41.6 Å². The smallest absolute Gasteiger partial charge is 0.251 e. The van der Waals surface area contributed by atoms with Crippen molar-refractivity contribution in [2.24, 2.45) is 0 Å². The Morgan fingerprint density at radius 2 is 1.92 bits per heavy atom. The number of hydrogen-bond acceptors (Lipinski definition) is 3. The number of nitrogens with one attached hydrogen (secondary N) is 1. The summed E-state index contributed by atoms with van der Waals surface area (Å²) in [6.45, 7) is 5.76. The molecule has 2 aliphatic heterocycles. The zero-order valence-corrected chi connectivity index (χ0v) is 15.5. The lowest BCUT2D eigenvalue weighted by Gasteiger charge is -2.33. The van der Waals surface area contributed by atoms with Gasteiger partial charge in [0.2, 0.25) is 0 Å². The molecule has 24 heavy (non-hydrogen) atoms. The van der Waals surface area contributed by atoms with E-state index in [1.54, 1.807) is 12.1 Å². The van der Waals surface area contributed by atoms with Crippen LogP contribution in [0.25, 0.3) is 0 Å². The molecule has 0 saturated carbocycles. The van der Waals surface area contributed by atoms with E-state index >= 15 is 0 Å². The second kappa shape index (κ2) is 8.05. The van der Waals surface area contributed by atoms with E-state index < -0.39 is 0 Å². The van der Waals surface area contributed by atoms with Crippen molar-refractivity contribution in [3.63, 3.8) is 0 Å². The lowest BCUT2D eigenvalue weighted by Crippen LogP contribution is -2.46. The molecule has 0 radical (unpaired) electrons. The Kier molecular flexibility index (Phi) is 6.03. The first-order valence-electron chi connectivity index (χ1n) is 8.63. The van der Waals surface area contributed by atoms with Crippen molar-refractivity contribution in [3.05, 3.63) is 33.3 Å². The second-order valence-electron chi connectivity index (χ2n) is 6.75. The Morgan fingerprint density at radius 1 is 1.25 bits per heavy atom. The van der Waals surface area contributed by atoms with E-state index in [0.29, 0.717) is 21.7 Å². The largest absolute Gasteiger partial charge is 0.377 e. The summed E-state index contributed by atoms with van der Waals surface area (Å²) >= 11 is 12.2.